The van der Waals surface area contributed by atoms with E-state index in [0.29, 0.717) is 0 Å². The second-order valence-electron chi connectivity index (χ2n) is 12.7. The lowest BCUT2D eigenvalue weighted by Gasteiger charge is -2.32. The standard InChI is InChI=1S/C32H36B2O4S/c1-29(2)30(3,4)36-33(35-29)23-15-11-13-21(19-23)27-25-17-9-10-18-26(25)39-28(27)22-14-12-16-24(20-22)34-37-31(5,6)32(7,8)38-34/h9-20H,1-8H3. The summed E-state index contributed by atoms with van der Waals surface area (Å²) in [5.41, 5.74) is 4.03. The van der Waals surface area contributed by atoms with Crippen molar-refractivity contribution >= 4 is 46.6 Å². The number of thiophene rings is 1. The summed E-state index contributed by atoms with van der Waals surface area (Å²) in [5.74, 6) is 0. The molecule has 6 rings (SSSR count). The quantitative estimate of drug-likeness (QED) is 0.267. The summed E-state index contributed by atoms with van der Waals surface area (Å²) >= 11 is 1.82. The summed E-state index contributed by atoms with van der Waals surface area (Å²) in [4.78, 5) is 1.22. The fraction of sp³-hybridized carbons (Fsp3) is 0.375. The smallest absolute Gasteiger partial charge is 0.399 e. The van der Waals surface area contributed by atoms with Crippen molar-refractivity contribution in [3.8, 4) is 21.6 Å². The van der Waals surface area contributed by atoms with Crippen molar-refractivity contribution in [3.63, 3.8) is 0 Å². The van der Waals surface area contributed by atoms with Crippen molar-refractivity contribution in [2.75, 3.05) is 0 Å². The van der Waals surface area contributed by atoms with Gasteiger partial charge in [0.15, 0.2) is 0 Å². The summed E-state index contributed by atoms with van der Waals surface area (Å²) in [7, 11) is -0.811. The van der Waals surface area contributed by atoms with Gasteiger partial charge in [0.05, 0.1) is 22.4 Å². The van der Waals surface area contributed by atoms with E-state index >= 15 is 0 Å². The molecule has 4 aromatic rings. The molecule has 3 heterocycles. The van der Waals surface area contributed by atoms with Crippen LogP contribution in [0.3, 0.4) is 0 Å². The van der Waals surface area contributed by atoms with Gasteiger partial charge in [0.2, 0.25) is 0 Å². The molecule has 7 heteroatoms. The number of hydrogen-bond donors (Lipinski definition) is 0. The minimum atomic E-state index is -0.407. The van der Waals surface area contributed by atoms with Gasteiger partial charge in [0, 0.05) is 20.5 Å². The maximum atomic E-state index is 6.38. The molecule has 39 heavy (non-hydrogen) atoms. The van der Waals surface area contributed by atoms with E-state index in [0.717, 1.165) is 22.1 Å². The zero-order valence-electron chi connectivity index (χ0n) is 24.1. The van der Waals surface area contributed by atoms with Crippen LogP contribution < -0.4 is 10.9 Å². The molecule has 0 unspecified atom stereocenters. The number of fused-ring (bicyclic) bond motifs is 1. The fourth-order valence-corrected chi connectivity index (χ4v) is 6.38. The summed E-state index contributed by atoms with van der Waals surface area (Å²) in [5, 5.41) is 1.24. The molecule has 2 fully saturated rings. The van der Waals surface area contributed by atoms with Crippen LogP contribution in [0.1, 0.15) is 55.4 Å². The number of hydrogen-bond acceptors (Lipinski definition) is 5. The monoisotopic (exact) mass is 538 g/mol. The lowest BCUT2D eigenvalue weighted by Crippen LogP contribution is -2.41. The second-order valence-corrected chi connectivity index (χ2v) is 13.8. The van der Waals surface area contributed by atoms with Crippen molar-refractivity contribution in [2.24, 2.45) is 0 Å². The molecule has 0 amide bonds. The van der Waals surface area contributed by atoms with Crippen LogP contribution in [0, 0.1) is 0 Å². The molecule has 4 nitrogen and oxygen atoms in total. The van der Waals surface area contributed by atoms with Gasteiger partial charge in [0.25, 0.3) is 0 Å². The first kappa shape index (κ1) is 26.8. The van der Waals surface area contributed by atoms with Gasteiger partial charge < -0.3 is 18.6 Å². The van der Waals surface area contributed by atoms with Gasteiger partial charge in [-0.15, -0.1) is 11.3 Å². The normalized spacial score (nSPS) is 21.1. The molecule has 0 bridgehead atoms. The van der Waals surface area contributed by atoms with Crippen LogP contribution in [0.4, 0.5) is 0 Å². The Balaban J connectivity index is 1.43. The minimum absolute atomic E-state index is 0.385. The van der Waals surface area contributed by atoms with Crippen LogP contribution in [-0.2, 0) is 18.6 Å². The van der Waals surface area contributed by atoms with Crippen LogP contribution >= 0.6 is 11.3 Å². The van der Waals surface area contributed by atoms with Crippen LogP contribution in [-0.4, -0.2) is 36.6 Å². The van der Waals surface area contributed by atoms with Gasteiger partial charge in [-0.05, 0) is 83.5 Å². The lowest BCUT2D eigenvalue weighted by atomic mass is 9.77. The Kier molecular flexibility index (Phi) is 6.22. The van der Waals surface area contributed by atoms with Crippen molar-refractivity contribution in [3.05, 3.63) is 72.8 Å². The van der Waals surface area contributed by atoms with E-state index < -0.39 is 14.2 Å². The highest BCUT2D eigenvalue weighted by atomic mass is 32.1. The zero-order valence-corrected chi connectivity index (χ0v) is 24.9. The van der Waals surface area contributed by atoms with Crippen LogP contribution in [0.2, 0.25) is 0 Å². The van der Waals surface area contributed by atoms with Gasteiger partial charge in [-0.2, -0.15) is 0 Å². The zero-order chi connectivity index (χ0) is 27.8. The van der Waals surface area contributed by atoms with Crippen LogP contribution in [0.15, 0.2) is 72.8 Å². The van der Waals surface area contributed by atoms with Gasteiger partial charge >= 0.3 is 14.2 Å². The predicted molar refractivity (Wildman–Crippen MR) is 164 cm³/mol. The molecule has 2 saturated heterocycles. The van der Waals surface area contributed by atoms with E-state index in [9.17, 15) is 0 Å². The van der Waals surface area contributed by atoms with Crippen molar-refractivity contribution in [1.82, 2.24) is 0 Å². The van der Waals surface area contributed by atoms with Gasteiger partial charge in [-0.3, -0.25) is 0 Å². The van der Waals surface area contributed by atoms with E-state index in [-0.39, 0.29) is 22.4 Å². The van der Waals surface area contributed by atoms with Crippen LogP contribution in [0.25, 0.3) is 31.7 Å². The third-order valence-corrected chi connectivity index (χ3v) is 10.2. The summed E-state index contributed by atoms with van der Waals surface area (Å²) in [6, 6.07) is 25.8. The molecule has 3 aromatic carbocycles. The number of benzene rings is 3. The van der Waals surface area contributed by atoms with E-state index in [4.69, 9.17) is 18.6 Å². The van der Waals surface area contributed by atoms with Gasteiger partial charge in [-0.1, -0.05) is 66.7 Å². The van der Waals surface area contributed by atoms with E-state index in [1.807, 2.05) is 11.3 Å². The Labute approximate surface area is 236 Å². The molecular weight excluding hydrogens is 502 g/mol. The molecule has 0 spiro atoms. The Morgan fingerprint density at radius 1 is 0.538 bits per heavy atom. The highest BCUT2D eigenvalue weighted by Gasteiger charge is 2.52. The largest absolute Gasteiger partial charge is 0.494 e. The SMILES string of the molecule is CC1(C)OB(c2cccc(-c3sc4ccccc4c3-c3cccc(B4OC(C)(C)C(C)(C)O4)c3)c2)OC1(C)C. The molecule has 2 aliphatic rings. The molecular formula is C32H36B2O4S. The van der Waals surface area contributed by atoms with Crippen LogP contribution in [0.5, 0.6) is 0 Å². The average molecular weight is 538 g/mol. The highest BCUT2D eigenvalue weighted by Crippen LogP contribution is 2.45. The Morgan fingerprint density at radius 3 is 1.54 bits per heavy atom. The Morgan fingerprint density at radius 2 is 1.00 bits per heavy atom. The molecule has 0 atom stereocenters. The number of rotatable bonds is 4. The molecule has 200 valence electrons. The molecule has 0 aliphatic carbocycles. The van der Waals surface area contributed by atoms with E-state index in [1.54, 1.807) is 0 Å². The Bertz CT molecular complexity index is 1520. The predicted octanol–water partition coefficient (Wildman–Crippen LogP) is 6.83. The molecule has 0 saturated carbocycles. The topological polar surface area (TPSA) is 36.9 Å². The summed E-state index contributed by atoms with van der Waals surface area (Å²) in [6.07, 6.45) is 0. The first-order valence-corrected chi connectivity index (χ1v) is 14.5. The summed E-state index contributed by atoms with van der Waals surface area (Å²) in [6.45, 7) is 16.7. The lowest BCUT2D eigenvalue weighted by molar-refractivity contribution is 0.00578. The first-order chi connectivity index (χ1) is 18.3. The Hall–Kier alpha value is -2.41. The molecule has 2 aliphatic heterocycles. The summed E-state index contributed by atoms with van der Waals surface area (Å²) < 4.78 is 26.8. The molecule has 0 radical (unpaired) electrons. The van der Waals surface area contributed by atoms with Crippen molar-refractivity contribution in [2.45, 2.75) is 77.8 Å². The molecule has 1 aromatic heterocycles. The van der Waals surface area contributed by atoms with Crippen molar-refractivity contribution < 1.29 is 18.6 Å². The second kappa shape index (κ2) is 9.05. The van der Waals surface area contributed by atoms with E-state index in [1.165, 1.54) is 20.5 Å². The average Bonchev–Trinajstić information content (AvgIpc) is 3.44. The van der Waals surface area contributed by atoms with Crippen molar-refractivity contribution in [1.29, 1.82) is 0 Å². The highest BCUT2D eigenvalue weighted by molar-refractivity contribution is 7.23. The fourth-order valence-electron chi connectivity index (χ4n) is 5.16. The maximum Gasteiger partial charge on any atom is 0.494 e. The van der Waals surface area contributed by atoms with Gasteiger partial charge in [0.1, 0.15) is 0 Å². The first-order valence-electron chi connectivity index (χ1n) is 13.7. The molecule has 0 N–H and O–H groups in total. The van der Waals surface area contributed by atoms with E-state index in [2.05, 4.69) is 128 Å². The third kappa shape index (κ3) is 4.49. The van der Waals surface area contributed by atoms with Gasteiger partial charge in [-0.25, -0.2) is 0 Å². The minimum Gasteiger partial charge on any atom is -0.399 e. The third-order valence-electron chi connectivity index (χ3n) is 8.97. The maximum absolute atomic E-state index is 6.38.